The van der Waals surface area contributed by atoms with E-state index in [2.05, 4.69) is 0 Å². The van der Waals surface area contributed by atoms with Crippen molar-refractivity contribution in [2.24, 2.45) is 5.92 Å². The summed E-state index contributed by atoms with van der Waals surface area (Å²) in [6, 6.07) is -0.0339. The van der Waals surface area contributed by atoms with Crippen molar-refractivity contribution in [1.29, 1.82) is 0 Å². The van der Waals surface area contributed by atoms with Gasteiger partial charge < -0.3 is 5.32 Å². The Morgan fingerprint density at radius 1 is 1.13 bits per heavy atom. The molecule has 1 aromatic carbocycles. The Hall–Kier alpha value is -1.80. The molecule has 9 heteroatoms. The number of hydrogen-bond donors (Lipinski definition) is 1. The van der Waals surface area contributed by atoms with Crippen molar-refractivity contribution < 1.29 is 35.5 Å². The third-order valence-electron chi connectivity index (χ3n) is 3.10. The highest BCUT2D eigenvalue weighted by atomic mass is 19.4. The van der Waals surface area contributed by atoms with E-state index in [9.17, 15) is 35.5 Å². The number of amides is 1. The summed E-state index contributed by atoms with van der Waals surface area (Å²) in [7, 11) is 0. The molecule has 0 aliphatic rings. The number of benzene rings is 1. The van der Waals surface area contributed by atoms with Gasteiger partial charge >= 0.3 is 12.4 Å². The summed E-state index contributed by atoms with van der Waals surface area (Å²) < 4.78 is 88.8. The number of hydrogen-bond acceptors (Lipinski definition) is 1. The fourth-order valence-corrected chi connectivity index (χ4v) is 1.90. The topological polar surface area (TPSA) is 29.1 Å². The first kappa shape index (κ1) is 19.2. The maximum Gasteiger partial charge on any atom is 0.417 e. The summed E-state index contributed by atoms with van der Waals surface area (Å²) in [4.78, 5) is 11.9. The van der Waals surface area contributed by atoms with Gasteiger partial charge in [-0.05, 0) is 24.1 Å². The minimum atomic E-state index is -5.01. The molecule has 0 aromatic heterocycles. The summed E-state index contributed by atoms with van der Waals surface area (Å²) >= 11 is 0. The Morgan fingerprint density at radius 3 is 2.13 bits per heavy atom. The maximum atomic E-state index is 13.0. The fourth-order valence-electron chi connectivity index (χ4n) is 1.90. The molecule has 0 saturated heterocycles. The molecule has 0 radical (unpaired) electrons. The van der Waals surface area contributed by atoms with Crippen molar-refractivity contribution in [2.45, 2.75) is 38.7 Å². The van der Waals surface area contributed by atoms with E-state index in [1.807, 2.05) is 5.32 Å². The molecule has 0 fully saturated rings. The standard InChI is InChI=1S/C14H14F7NO/c1-7(2)11(6-13(16,17)18)22-12(23)9-4-3-8(15)5-10(9)14(19,20)21/h3-5,7,11H,6H2,1-2H3,(H,22,23)/t11-/m1/s1. The second-order valence-electron chi connectivity index (χ2n) is 5.33. The molecule has 0 aliphatic carbocycles. The highest BCUT2D eigenvalue weighted by molar-refractivity contribution is 5.96. The zero-order chi connectivity index (χ0) is 18.0. The molecular formula is C14H14F7NO. The minimum Gasteiger partial charge on any atom is -0.349 e. The van der Waals surface area contributed by atoms with Gasteiger partial charge in [0.25, 0.3) is 5.91 Å². The van der Waals surface area contributed by atoms with E-state index in [1.165, 1.54) is 13.8 Å². The predicted octanol–water partition coefficient (Wildman–Crippen LogP) is 4.55. The van der Waals surface area contributed by atoms with E-state index in [1.54, 1.807) is 0 Å². The van der Waals surface area contributed by atoms with Gasteiger partial charge in [-0.2, -0.15) is 26.3 Å². The van der Waals surface area contributed by atoms with E-state index in [0.717, 1.165) is 0 Å². The van der Waals surface area contributed by atoms with Crippen LogP contribution in [-0.4, -0.2) is 18.1 Å². The van der Waals surface area contributed by atoms with Gasteiger partial charge in [0, 0.05) is 6.04 Å². The van der Waals surface area contributed by atoms with E-state index in [-0.39, 0.29) is 6.07 Å². The smallest absolute Gasteiger partial charge is 0.349 e. The monoisotopic (exact) mass is 345 g/mol. The number of alkyl halides is 6. The molecule has 0 heterocycles. The molecule has 23 heavy (non-hydrogen) atoms. The average Bonchev–Trinajstić information content (AvgIpc) is 2.34. The van der Waals surface area contributed by atoms with Crippen LogP contribution in [0.15, 0.2) is 18.2 Å². The molecule has 0 saturated carbocycles. The van der Waals surface area contributed by atoms with Crippen LogP contribution in [0.5, 0.6) is 0 Å². The number of carbonyl (C=O) groups excluding carboxylic acids is 1. The highest BCUT2D eigenvalue weighted by Gasteiger charge is 2.38. The quantitative estimate of drug-likeness (QED) is 0.797. The third kappa shape index (κ3) is 5.72. The van der Waals surface area contributed by atoms with E-state index >= 15 is 0 Å². The molecular weight excluding hydrogens is 331 g/mol. The van der Waals surface area contributed by atoms with Crippen molar-refractivity contribution >= 4 is 5.91 Å². The van der Waals surface area contributed by atoms with Crippen LogP contribution in [0, 0.1) is 11.7 Å². The normalized spacial score (nSPS) is 14.0. The largest absolute Gasteiger partial charge is 0.417 e. The summed E-state index contributed by atoms with van der Waals surface area (Å²) in [6.07, 6.45) is -11.0. The molecule has 0 bridgehead atoms. The first-order valence-electron chi connectivity index (χ1n) is 6.55. The lowest BCUT2D eigenvalue weighted by Gasteiger charge is -2.24. The summed E-state index contributed by atoms with van der Waals surface area (Å²) in [6.45, 7) is 2.79. The molecule has 130 valence electrons. The van der Waals surface area contributed by atoms with Gasteiger partial charge in [-0.25, -0.2) is 4.39 Å². The zero-order valence-electron chi connectivity index (χ0n) is 12.1. The van der Waals surface area contributed by atoms with Gasteiger partial charge in [-0.15, -0.1) is 0 Å². The minimum absolute atomic E-state index is 0.128. The fraction of sp³-hybridized carbons (Fsp3) is 0.500. The van der Waals surface area contributed by atoms with Crippen molar-refractivity contribution in [3.05, 3.63) is 35.1 Å². The Morgan fingerprint density at radius 2 is 1.70 bits per heavy atom. The summed E-state index contributed by atoms with van der Waals surface area (Å²) in [5.41, 5.74) is -2.46. The van der Waals surface area contributed by atoms with Gasteiger partial charge in [0.2, 0.25) is 0 Å². The van der Waals surface area contributed by atoms with Crippen LogP contribution in [0.4, 0.5) is 30.7 Å². The Kier molecular flexibility index (Phi) is 5.65. The lowest BCUT2D eigenvalue weighted by Crippen LogP contribution is -2.42. The van der Waals surface area contributed by atoms with Gasteiger partial charge in [-0.1, -0.05) is 13.8 Å². The van der Waals surface area contributed by atoms with Crippen LogP contribution < -0.4 is 5.32 Å². The molecule has 1 rings (SSSR count). The van der Waals surface area contributed by atoms with Crippen LogP contribution >= 0.6 is 0 Å². The molecule has 1 aromatic rings. The number of nitrogens with one attached hydrogen (secondary N) is 1. The number of halogens is 7. The van der Waals surface area contributed by atoms with E-state index in [0.29, 0.717) is 12.1 Å². The van der Waals surface area contributed by atoms with Crippen LogP contribution in [0.25, 0.3) is 0 Å². The molecule has 0 aliphatic heterocycles. The van der Waals surface area contributed by atoms with E-state index in [4.69, 9.17) is 0 Å². The van der Waals surface area contributed by atoms with Crippen LogP contribution in [0.1, 0.15) is 36.2 Å². The first-order valence-corrected chi connectivity index (χ1v) is 6.55. The first-order chi connectivity index (χ1) is 10.3. The maximum absolute atomic E-state index is 13.0. The molecule has 1 atom stereocenters. The van der Waals surface area contributed by atoms with Crippen molar-refractivity contribution in [3.8, 4) is 0 Å². The zero-order valence-corrected chi connectivity index (χ0v) is 12.1. The molecule has 1 N–H and O–H groups in total. The summed E-state index contributed by atoms with van der Waals surface area (Å²) in [5.74, 6) is -3.19. The SMILES string of the molecule is CC(C)[C@@H](CC(F)(F)F)NC(=O)c1ccc(F)cc1C(F)(F)F. The van der Waals surface area contributed by atoms with Crippen molar-refractivity contribution in [1.82, 2.24) is 5.32 Å². The average molecular weight is 345 g/mol. The molecule has 2 nitrogen and oxygen atoms in total. The Bertz CT molecular complexity index is 563. The molecule has 0 spiro atoms. The second-order valence-corrected chi connectivity index (χ2v) is 5.33. The van der Waals surface area contributed by atoms with Crippen LogP contribution in [0.2, 0.25) is 0 Å². The number of rotatable bonds is 4. The Labute approximate surface area is 127 Å². The van der Waals surface area contributed by atoms with Gasteiger partial charge in [0.1, 0.15) is 5.82 Å². The van der Waals surface area contributed by atoms with Crippen molar-refractivity contribution in [3.63, 3.8) is 0 Å². The number of carbonyl (C=O) groups is 1. The summed E-state index contributed by atoms with van der Waals surface area (Å²) in [5, 5.41) is 1.94. The lowest BCUT2D eigenvalue weighted by molar-refractivity contribution is -0.142. The Balaban J connectivity index is 3.10. The second kappa shape index (κ2) is 6.76. The van der Waals surface area contributed by atoms with Crippen molar-refractivity contribution in [2.75, 3.05) is 0 Å². The highest BCUT2D eigenvalue weighted by Crippen LogP contribution is 2.33. The van der Waals surface area contributed by atoms with E-state index < -0.39 is 53.6 Å². The van der Waals surface area contributed by atoms with Gasteiger partial charge in [0.15, 0.2) is 0 Å². The lowest BCUT2D eigenvalue weighted by atomic mass is 9.99. The van der Waals surface area contributed by atoms with Crippen LogP contribution in [0.3, 0.4) is 0 Å². The third-order valence-corrected chi connectivity index (χ3v) is 3.10. The molecule has 1 amide bonds. The van der Waals surface area contributed by atoms with Gasteiger partial charge in [0.05, 0.1) is 17.5 Å². The predicted molar refractivity (Wildman–Crippen MR) is 68.2 cm³/mol. The van der Waals surface area contributed by atoms with Crippen LogP contribution in [-0.2, 0) is 6.18 Å². The van der Waals surface area contributed by atoms with Gasteiger partial charge in [-0.3, -0.25) is 4.79 Å². The molecule has 0 unspecified atom stereocenters.